The van der Waals surface area contributed by atoms with Gasteiger partial charge >= 0.3 is 5.97 Å². The Balaban J connectivity index is 1.84. The van der Waals surface area contributed by atoms with Crippen LogP contribution >= 0.6 is 22.9 Å². The number of methoxy groups -OCH3 is 1. The second-order valence-corrected chi connectivity index (χ2v) is 7.73. The van der Waals surface area contributed by atoms with Crippen LogP contribution in [0.15, 0.2) is 29.6 Å². The first-order chi connectivity index (χ1) is 12.6. The third-order valence-electron chi connectivity index (χ3n) is 4.60. The van der Waals surface area contributed by atoms with E-state index in [0.717, 1.165) is 30.7 Å². The van der Waals surface area contributed by atoms with Gasteiger partial charge in [0.25, 0.3) is 5.91 Å². The maximum atomic E-state index is 13.2. The van der Waals surface area contributed by atoms with E-state index >= 15 is 0 Å². The molecule has 26 heavy (non-hydrogen) atoms. The Morgan fingerprint density at radius 1 is 1.31 bits per heavy atom. The van der Waals surface area contributed by atoms with Crippen LogP contribution in [0.2, 0.25) is 5.02 Å². The van der Waals surface area contributed by atoms with Crippen LogP contribution in [-0.2, 0) is 11.3 Å². The van der Waals surface area contributed by atoms with E-state index < -0.39 is 5.97 Å². The number of carbonyl (C=O) groups excluding carboxylic acids is 2. The molecule has 3 rings (SSSR count). The van der Waals surface area contributed by atoms with E-state index in [0.29, 0.717) is 17.1 Å². The van der Waals surface area contributed by atoms with Crippen molar-refractivity contribution in [3.63, 3.8) is 0 Å². The Bertz CT molecular complexity index is 787. The van der Waals surface area contributed by atoms with E-state index in [9.17, 15) is 9.59 Å². The summed E-state index contributed by atoms with van der Waals surface area (Å²) in [6, 6.07) is 7.20. The molecular weight excluding hydrogens is 372 g/mol. The second kappa shape index (κ2) is 8.64. The van der Waals surface area contributed by atoms with Crippen molar-refractivity contribution in [2.24, 2.45) is 0 Å². The molecule has 0 saturated heterocycles. The maximum absolute atomic E-state index is 13.2. The van der Waals surface area contributed by atoms with Gasteiger partial charge in [-0.3, -0.25) is 4.79 Å². The molecule has 138 valence electrons. The zero-order chi connectivity index (χ0) is 18.5. The Morgan fingerprint density at radius 3 is 2.77 bits per heavy atom. The molecule has 1 aliphatic rings. The smallest absolute Gasteiger partial charge is 0.357 e. The monoisotopic (exact) mass is 392 g/mol. The number of esters is 1. The van der Waals surface area contributed by atoms with Gasteiger partial charge in [0, 0.05) is 22.0 Å². The lowest BCUT2D eigenvalue weighted by Crippen LogP contribution is -2.41. The third-order valence-corrected chi connectivity index (χ3v) is 5.67. The fraction of sp³-hybridized carbons (Fsp3) is 0.421. The van der Waals surface area contributed by atoms with Gasteiger partial charge in [-0.25, -0.2) is 9.78 Å². The average molecular weight is 393 g/mol. The van der Waals surface area contributed by atoms with Gasteiger partial charge in [-0.05, 0) is 31.0 Å². The molecule has 0 atom stereocenters. The van der Waals surface area contributed by atoms with E-state index in [-0.39, 0.29) is 17.6 Å². The lowest BCUT2D eigenvalue weighted by atomic mass is 9.93. The Kier molecular flexibility index (Phi) is 6.27. The van der Waals surface area contributed by atoms with Crippen LogP contribution in [0.4, 0.5) is 0 Å². The first-order valence-electron chi connectivity index (χ1n) is 8.67. The second-order valence-electron chi connectivity index (χ2n) is 6.35. The third kappa shape index (κ3) is 4.43. The summed E-state index contributed by atoms with van der Waals surface area (Å²) < 4.78 is 4.71. The molecular formula is C19H21ClN2O3S. The molecule has 0 N–H and O–H groups in total. The molecule has 0 aliphatic heterocycles. The first kappa shape index (κ1) is 18.9. The quantitative estimate of drug-likeness (QED) is 0.700. The van der Waals surface area contributed by atoms with Crippen LogP contribution in [0.1, 0.15) is 58.0 Å². The van der Waals surface area contributed by atoms with Crippen LogP contribution in [-0.4, -0.2) is 34.9 Å². The van der Waals surface area contributed by atoms with Crippen molar-refractivity contribution in [3.05, 3.63) is 50.9 Å². The number of aromatic nitrogens is 1. The largest absolute Gasteiger partial charge is 0.464 e. The summed E-state index contributed by atoms with van der Waals surface area (Å²) in [6.07, 6.45) is 5.42. The van der Waals surface area contributed by atoms with Gasteiger partial charge in [0.1, 0.15) is 5.01 Å². The summed E-state index contributed by atoms with van der Waals surface area (Å²) >= 11 is 7.43. The lowest BCUT2D eigenvalue weighted by molar-refractivity contribution is 0.0594. The highest BCUT2D eigenvalue weighted by atomic mass is 35.5. The molecule has 7 heteroatoms. The normalized spacial score (nSPS) is 14.8. The van der Waals surface area contributed by atoms with Crippen molar-refractivity contribution in [2.45, 2.75) is 44.7 Å². The summed E-state index contributed by atoms with van der Waals surface area (Å²) in [5.41, 5.74) is 0.860. The number of ether oxygens (including phenoxy) is 1. The van der Waals surface area contributed by atoms with Gasteiger partial charge in [-0.15, -0.1) is 11.3 Å². The number of benzene rings is 1. The van der Waals surface area contributed by atoms with Gasteiger partial charge in [0.2, 0.25) is 0 Å². The van der Waals surface area contributed by atoms with Crippen LogP contribution in [0.5, 0.6) is 0 Å². The number of halogens is 1. The van der Waals surface area contributed by atoms with Gasteiger partial charge in [0.05, 0.1) is 13.7 Å². The Hall–Kier alpha value is -1.92. The number of carbonyl (C=O) groups is 2. The predicted molar refractivity (Wildman–Crippen MR) is 102 cm³/mol. The van der Waals surface area contributed by atoms with Crippen molar-refractivity contribution in [3.8, 4) is 0 Å². The molecule has 1 amide bonds. The van der Waals surface area contributed by atoms with Crippen molar-refractivity contribution in [1.29, 1.82) is 0 Å². The highest BCUT2D eigenvalue weighted by Gasteiger charge is 2.27. The van der Waals surface area contributed by atoms with Gasteiger partial charge < -0.3 is 9.64 Å². The number of amides is 1. The van der Waals surface area contributed by atoms with Crippen LogP contribution in [0.25, 0.3) is 0 Å². The van der Waals surface area contributed by atoms with Crippen molar-refractivity contribution in [2.75, 3.05) is 7.11 Å². The van der Waals surface area contributed by atoms with E-state index in [1.54, 1.807) is 29.6 Å². The summed E-state index contributed by atoms with van der Waals surface area (Å²) in [5, 5.41) is 2.94. The van der Waals surface area contributed by atoms with E-state index in [2.05, 4.69) is 4.98 Å². The van der Waals surface area contributed by atoms with Crippen LogP contribution in [0, 0.1) is 0 Å². The minimum Gasteiger partial charge on any atom is -0.464 e. The van der Waals surface area contributed by atoms with Crippen LogP contribution in [0.3, 0.4) is 0 Å². The number of nitrogens with zero attached hydrogens (tertiary/aromatic N) is 2. The number of hydrogen-bond acceptors (Lipinski definition) is 5. The minimum absolute atomic E-state index is 0.0470. The SMILES string of the molecule is COC(=O)c1csc(CN(C(=O)c2cccc(Cl)c2)C2CCCCC2)n1. The van der Waals surface area contributed by atoms with Gasteiger partial charge in [0.15, 0.2) is 5.69 Å². The standard InChI is InChI=1S/C19H21ClN2O3S/c1-25-19(24)16-12-26-17(21-16)11-22(15-8-3-2-4-9-15)18(23)13-6-5-7-14(20)10-13/h5-7,10,12,15H,2-4,8-9,11H2,1H3. The number of hydrogen-bond donors (Lipinski definition) is 0. The summed E-state index contributed by atoms with van der Waals surface area (Å²) in [7, 11) is 1.33. The molecule has 0 bridgehead atoms. The zero-order valence-electron chi connectivity index (χ0n) is 14.6. The molecule has 1 aromatic carbocycles. The maximum Gasteiger partial charge on any atom is 0.357 e. The molecule has 1 aromatic heterocycles. The molecule has 0 spiro atoms. The topological polar surface area (TPSA) is 59.5 Å². The lowest BCUT2D eigenvalue weighted by Gasteiger charge is -2.34. The van der Waals surface area contributed by atoms with Gasteiger partial charge in [-0.1, -0.05) is 36.9 Å². The van der Waals surface area contributed by atoms with Crippen molar-refractivity contribution < 1.29 is 14.3 Å². The van der Waals surface area contributed by atoms with E-state index in [4.69, 9.17) is 16.3 Å². The summed E-state index contributed by atoms with van der Waals surface area (Å²) in [4.78, 5) is 31.0. The molecule has 1 aliphatic carbocycles. The van der Waals surface area contributed by atoms with E-state index in [1.807, 2.05) is 4.90 Å². The molecule has 5 nitrogen and oxygen atoms in total. The molecule has 1 saturated carbocycles. The van der Waals surface area contributed by atoms with Gasteiger partial charge in [-0.2, -0.15) is 0 Å². The molecule has 1 heterocycles. The Labute approximate surface area is 161 Å². The first-order valence-corrected chi connectivity index (χ1v) is 9.93. The summed E-state index contributed by atoms with van der Waals surface area (Å²) in [6.45, 7) is 0.387. The fourth-order valence-electron chi connectivity index (χ4n) is 3.27. The highest BCUT2D eigenvalue weighted by Crippen LogP contribution is 2.27. The Morgan fingerprint density at radius 2 is 2.08 bits per heavy atom. The highest BCUT2D eigenvalue weighted by molar-refractivity contribution is 7.09. The zero-order valence-corrected chi connectivity index (χ0v) is 16.2. The van der Waals surface area contributed by atoms with Crippen molar-refractivity contribution >= 4 is 34.8 Å². The summed E-state index contributed by atoms with van der Waals surface area (Å²) in [5.74, 6) is -0.507. The number of rotatable bonds is 5. The average Bonchev–Trinajstić information content (AvgIpc) is 3.14. The van der Waals surface area contributed by atoms with Crippen molar-refractivity contribution in [1.82, 2.24) is 9.88 Å². The van der Waals surface area contributed by atoms with Crippen LogP contribution < -0.4 is 0 Å². The predicted octanol–water partition coefficient (Wildman–Crippen LogP) is 4.56. The minimum atomic E-state index is -0.460. The molecule has 0 radical (unpaired) electrons. The molecule has 1 fully saturated rings. The molecule has 0 unspecified atom stereocenters. The fourth-order valence-corrected chi connectivity index (χ4v) is 4.23. The number of thiazole rings is 1. The molecule has 2 aromatic rings. The van der Waals surface area contributed by atoms with E-state index in [1.165, 1.54) is 24.9 Å².